The Labute approximate surface area is 140 Å². The molecule has 1 aliphatic heterocycles. The number of benzene rings is 1. The summed E-state index contributed by atoms with van der Waals surface area (Å²) in [4.78, 5) is 14.5. The second-order valence-corrected chi connectivity index (χ2v) is 7.71. The first-order valence-corrected chi connectivity index (χ1v) is 8.52. The molecule has 0 aromatic heterocycles. The van der Waals surface area contributed by atoms with Gasteiger partial charge in [-0.25, -0.2) is 4.79 Å². The van der Waals surface area contributed by atoms with Gasteiger partial charge in [0.1, 0.15) is 5.60 Å². The lowest BCUT2D eigenvalue weighted by atomic mass is 9.88. The zero-order valence-corrected chi connectivity index (χ0v) is 15.0. The quantitative estimate of drug-likeness (QED) is 0.921. The molecule has 1 saturated heterocycles. The van der Waals surface area contributed by atoms with Gasteiger partial charge in [0.05, 0.1) is 0 Å². The van der Waals surface area contributed by atoms with Crippen molar-refractivity contribution in [3.63, 3.8) is 0 Å². The summed E-state index contributed by atoms with van der Waals surface area (Å²) in [6, 6.07) is 11.1. The maximum atomic E-state index is 12.0. The Morgan fingerprint density at radius 3 is 2.52 bits per heavy atom. The molecule has 0 aliphatic carbocycles. The number of rotatable bonds is 3. The smallest absolute Gasteiger partial charge is 0.407 e. The van der Waals surface area contributed by atoms with E-state index in [1.54, 1.807) is 0 Å². The molecule has 4 nitrogen and oxygen atoms in total. The van der Waals surface area contributed by atoms with Gasteiger partial charge in [-0.1, -0.05) is 37.3 Å². The molecule has 1 N–H and O–H groups in total. The van der Waals surface area contributed by atoms with E-state index in [4.69, 9.17) is 4.74 Å². The lowest BCUT2D eigenvalue weighted by Gasteiger charge is -2.42. The summed E-state index contributed by atoms with van der Waals surface area (Å²) < 4.78 is 5.39. The first kappa shape index (κ1) is 17.8. The third-order valence-corrected chi connectivity index (χ3v) is 4.46. The van der Waals surface area contributed by atoms with Crippen molar-refractivity contribution < 1.29 is 9.53 Å². The predicted molar refractivity (Wildman–Crippen MR) is 93.3 cm³/mol. The molecule has 0 saturated carbocycles. The standard InChI is InChI=1S/C19H30N2O2/c1-14-11-17(20-18(22)23-19(3,4)5)13-21(15(14)2)12-16-9-7-6-8-10-16/h6-10,14-15,17H,11-13H2,1-5H3,(H,20,22)/t14-,15-,17-/m1/s1. The zero-order chi connectivity index (χ0) is 17.0. The normalized spacial score (nSPS) is 25.9. The SMILES string of the molecule is C[C@@H]1C[C@@H](NC(=O)OC(C)(C)C)CN(Cc2ccccc2)[C@@H]1C. The van der Waals surface area contributed by atoms with Gasteiger partial charge in [0.15, 0.2) is 0 Å². The highest BCUT2D eigenvalue weighted by Crippen LogP contribution is 2.25. The minimum atomic E-state index is -0.457. The second kappa shape index (κ2) is 7.35. The van der Waals surface area contributed by atoms with Crippen molar-refractivity contribution in [1.82, 2.24) is 10.2 Å². The Hall–Kier alpha value is -1.55. The van der Waals surface area contributed by atoms with Crippen LogP contribution in [0.15, 0.2) is 30.3 Å². The van der Waals surface area contributed by atoms with E-state index in [2.05, 4.69) is 48.3 Å². The molecule has 1 heterocycles. The summed E-state index contributed by atoms with van der Waals surface area (Å²) in [6.07, 6.45) is 0.676. The molecule has 128 valence electrons. The fourth-order valence-electron chi connectivity index (χ4n) is 3.13. The minimum Gasteiger partial charge on any atom is -0.444 e. The summed E-state index contributed by atoms with van der Waals surface area (Å²) in [5, 5.41) is 3.04. The van der Waals surface area contributed by atoms with Gasteiger partial charge in [-0.05, 0) is 45.6 Å². The number of amides is 1. The van der Waals surface area contributed by atoms with E-state index < -0.39 is 5.60 Å². The van der Waals surface area contributed by atoms with Crippen LogP contribution in [0.4, 0.5) is 4.79 Å². The number of nitrogens with zero attached hydrogens (tertiary/aromatic N) is 1. The third-order valence-electron chi connectivity index (χ3n) is 4.46. The van der Waals surface area contributed by atoms with Crippen LogP contribution < -0.4 is 5.32 Å². The van der Waals surface area contributed by atoms with E-state index >= 15 is 0 Å². The first-order valence-electron chi connectivity index (χ1n) is 8.52. The minimum absolute atomic E-state index is 0.139. The van der Waals surface area contributed by atoms with Crippen molar-refractivity contribution in [3.05, 3.63) is 35.9 Å². The number of nitrogens with one attached hydrogen (secondary N) is 1. The number of piperidine rings is 1. The summed E-state index contributed by atoms with van der Waals surface area (Å²) >= 11 is 0. The van der Waals surface area contributed by atoms with Gasteiger partial charge in [0, 0.05) is 25.2 Å². The van der Waals surface area contributed by atoms with E-state index in [0.29, 0.717) is 12.0 Å². The van der Waals surface area contributed by atoms with E-state index in [0.717, 1.165) is 19.5 Å². The topological polar surface area (TPSA) is 41.6 Å². The molecule has 1 aromatic rings. The molecule has 2 rings (SSSR count). The van der Waals surface area contributed by atoms with Crippen molar-refractivity contribution in [2.45, 2.75) is 65.3 Å². The molecular formula is C19H30N2O2. The number of ether oxygens (including phenoxy) is 1. The Kier molecular flexibility index (Phi) is 5.69. The molecule has 1 aliphatic rings. The highest BCUT2D eigenvalue weighted by molar-refractivity contribution is 5.68. The fourth-order valence-corrected chi connectivity index (χ4v) is 3.13. The molecule has 23 heavy (non-hydrogen) atoms. The van der Waals surface area contributed by atoms with Crippen molar-refractivity contribution in [2.24, 2.45) is 5.92 Å². The predicted octanol–water partition coefficient (Wildman–Crippen LogP) is 3.81. The molecular weight excluding hydrogens is 288 g/mol. The molecule has 0 unspecified atom stereocenters. The van der Waals surface area contributed by atoms with Gasteiger partial charge in [0.25, 0.3) is 0 Å². The van der Waals surface area contributed by atoms with Crippen LogP contribution in [0.2, 0.25) is 0 Å². The van der Waals surface area contributed by atoms with Crippen molar-refractivity contribution in [2.75, 3.05) is 6.54 Å². The Bertz CT molecular complexity index is 510. The number of hydrogen-bond acceptors (Lipinski definition) is 3. The molecule has 0 bridgehead atoms. The van der Waals surface area contributed by atoms with Gasteiger partial charge in [-0.2, -0.15) is 0 Å². The monoisotopic (exact) mass is 318 g/mol. The largest absolute Gasteiger partial charge is 0.444 e. The average Bonchev–Trinajstić information content (AvgIpc) is 2.43. The van der Waals surface area contributed by atoms with Crippen LogP contribution in [0, 0.1) is 5.92 Å². The van der Waals surface area contributed by atoms with E-state index in [1.165, 1.54) is 5.56 Å². The Balaban J connectivity index is 1.96. The van der Waals surface area contributed by atoms with Gasteiger partial charge in [-0.15, -0.1) is 0 Å². The number of alkyl carbamates (subject to hydrolysis) is 1. The lowest BCUT2D eigenvalue weighted by Crippen LogP contribution is -2.54. The number of likely N-dealkylation sites (tertiary alicyclic amines) is 1. The van der Waals surface area contributed by atoms with Crippen LogP contribution in [0.5, 0.6) is 0 Å². The maximum Gasteiger partial charge on any atom is 0.407 e. The van der Waals surface area contributed by atoms with Gasteiger partial charge < -0.3 is 10.1 Å². The van der Waals surface area contributed by atoms with Crippen molar-refractivity contribution in [3.8, 4) is 0 Å². The lowest BCUT2D eigenvalue weighted by molar-refractivity contribution is 0.0383. The fraction of sp³-hybridized carbons (Fsp3) is 0.632. The first-order chi connectivity index (χ1) is 10.7. The van der Waals surface area contributed by atoms with E-state index in [9.17, 15) is 4.79 Å². The molecule has 1 amide bonds. The van der Waals surface area contributed by atoms with Crippen molar-refractivity contribution in [1.29, 1.82) is 0 Å². The van der Waals surface area contributed by atoms with Crippen LogP contribution in [-0.2, 0) is 11.3 Å². The summed E-state index contributed by atoms with van der Waals surface area (Å²) in [7, 11) is 0. The van der Waals surface area contributed by atoms with Crippen LogP contribution in [0.25, 0.3) is 0 Å². The second-order valence-electron chi connectivity index (χ2n) is 7.71. The summed E-state index contributed by atoms with van der Waals surface area (Å²) in [6.45, 7) is 12.0. The van der Waals surface area contributed by atoms with Gasteiger partial charge in [-0.3, -0.25) is 4.90 Å². The molecule has 4 heteroatoms. The highest BCUT2D eigenvalue weighted by atomic mass is 16.6. The summed E-state index contributed by atoms with van der Waals surface area (Å²) in [5.41, 5.74) is 0.853. The maximum absolute atomic E-state index is 12.0. The van der Waals surface area contributed by atoms with Crippen LogP contribution in [0.3, 0.4) is 0 Å². The highest BCUT2D eigenvalue weighted by Gasteiger charge is 2.32. The van der Waals surface area contributed by atoms with Crippen LogP contribution in [0.1, 0.15) is 46.6 Å². The van der Waals surface area contributed by atoms with E-state index in [1.807, 2.05) is 26.8 Å². The molecule has 1 fully saturated rings. The van der Waals surface area contributed by atoms with Crippen LogP contribution >= 0.6 is 0 Å². The Morgan fingerprint density at radius 1 is 1.26 bits per heavy atom. The third kappa shape index (κ3) is 5.54. The average molecular weight is 318 g/mol. The zero-order valence-electron chi connectivity index (χ0n) is 15.0. The Morgan fingerprint density at radius 2 is 1.91 bits per heavy atom. The van der Waals surface area contributed by atoms with Crippen molar-refractivity contribution >= 4 is 6.09 Å². The number of hydrogen-bond donors (Lipinski definition) is 1. The number of carbonyl (C=O) groups is 1. The summed E-state index contributed by atoms with van der Waals surface area (Å²) in [5.74, 6) is 0.535. The molecule has 0 spiro atoms. The number of carbonyl (C=O) groups excluding carboxylic acids is 1. The molecule has 0 radical (unpaired) electrons. The van der Waals surface area contributed by atoms with E-state index in [-0.39, 0.29) is 12.1 Å². The van der Waals surface area contributed by atoms with Gasteiger partial charge >= 0.3 is 6.09 Å². The van der Waals surface area contributed by atoms with Gasteiger partial charge in [0.2, 0.25) is 0 Å². The molecule has 1 aromatic carbocycles. The molecule has 3 atom stereocenters. The van der Waals surface area contributed by atoms with Crippen LogP contribution in [-0.4, -0.2) is 35.2 Å².